The second-order valence-electron chi connectivity index (χ2n) is 9.19. The summed E-state index contributed by atoms with van der Waals surface area (Å²) in [7, 11) is 0. The Hall–Kier alpha value is -0.650. The Bertz CT molecular complexity index is 541. The molecule has 0 heterocycles. The van der Waals surface area contributed by atoms with Gasteiger partial charge in [-0.1, -0.05) is 40.5 Å². The number of carbonyl (C=O) groups excluding carboxylic acids is 1. The molecule has 0 fully saturated rings. The number of ketones is 1. The minimum absolute atomic E-state index is 0.0160. The molecule has 0 bridgehead atoms. The predicted molar refractivity (Wildman–Crippen MR) is 127 cm³/mol. The zero-order valence-electron chi connectivity index (χ0n) is 18.4. The quantitative estimate of drug-likeness (QED) is 0.298. The van der Waals surface area contributed by atoms with E-state index in [1.165, 1.54) is 0 Å². The molecule has 0 aromatic carbocycles. The number of hydrogen-bond acceptors (Lipinski definition) is 5. The van der Waals surface area contributed by atoms with Crippen molar-refractivity contribution in [3.63, 3.8) is 0 Å². The summed E-state index contributed by atoms with van der Waals surface area (Å²) < 4.78 is 0. The summed E-state index contributed by atoms with van der Waals surface area (Å²) in [4.78, 5) is 12.5. The van der Waals surface area contributed by atoms with Crippen molar-refractivity contribution in [3.05, 3.63) is 35.9 Å². The van der Waals surface area contributed by atoms with Crippen LogP contribution < -0.4 is 10.6 Å². The molecule has 1 unspecified atom stereocenters. The first kappa shape index (κ1) is 26.4. The number of Topliss-reactive ketones (excluding diaryl/α,β-unsaturated/α-hetero) is 1. The maximum absolute atomic E-state index is 11.5. The van der Waals surface area contributed by atoms with Gasteiger partial charge in [-0.05, 0) is 50.0 Å². The summed E-state index contributed by atoms with van der Waals surface area (Å²) in [5, 5.41) is 7.18. The molecule has 3 nitrogen and oxygen atoms in total. The van der Waals surface area contributed by atoms with E-state index in [0.717, 1.165) is 28.3 Å². The number of carbonyl (C=O) groups is 1. The fourth-order valence-electron chi connectivity index (χ4n) is 2.53. The third-order valence-corrected chi connectivity index (χ3v) is 5.84. The fourth-order valence-corrected chi connectivity index (χ4v) is 3.58. The van der Waals surface area contributed by atoms with Crippen LogP contribution in [0.1, 0.15) is 61.3 Å². The van der Waals surface area contributed by atoms with Gasteiger partial charge in [-0.3, -0.25) is 0 Å². The van der Waals surface area contributed by atoms with Gasteiger partial charge in [0, 0.05) is 35.2 Å². The van der Waals surface area contributed by atoms with Crippen molar-refractivity contribution in [1.82, 2.24) is 10.6 Å². The summed E-state index contributed by atoms with van der Waals surface area (Å²) in [5.74, 6) is 1.68. The number of nitrogens with one attached hydrogen (secondary N) is 2. The van der Waals surface area contributed by atoms with E-state index >= 15 is 0 Å². The lowest BCUT2D eigenvalue weighted by Crippen LogP contribution is -2.49. The monoisotopic (exact) mass is 412 g/mol. The molecule has 2 atom stereocenters. The average molecular weight is 413 g/mol. The van der Waals surface area contributed by atoms with Gasteiger partial charge in [-0.15, -0.1) is 11.8 Å². The highest BCUT2D eigenvalue weighted by atomic mass is 32.2. The first-order valence-electron chi connectivity index (χ1n) is 9.50. The Morgan fingerprint density at radius 2 is 1.63 bits per heavy atom. The van der Waals surface area contributed by atoms with Gasteiger partial charge in [-0.25, -0.2) is 0 Å². The molecule has 5 heteroatoms. The van der Waals surface area contributed by atoms with Crippen LogP contribution in [0.3, 0.4) is 0 Å². The highest BCUT2D eigenvalue weighted by Gasteiger charge is 2.27. The number of hydrogen-bond donors (Lipinski definition) is 3. The van der Waals surface area contributed by atoms with Crippen molar-refractivity contribution in [3.8, 4) is 0 Å². The molecule has 0 aromatic rings. The van der Waals surface area contributed by atoms with Crippen molar-refractivity contribution in [2.45, 2.75) is 78.9 Å². The Kier molecular flexibility index (Phi) is 11.1. The average Bonchev–Trinajstić information content (AvgIpc) is 2.51. The molecular weight excluding hydrogens is 372 g/mol. The van der Waals surface area contributed by atoms with Crippen LogP contribution in [-0.2, 0) is 4.79 Å². The third-order valence-electron chi connectivity index (χ3n) is 4.19. The Morgan fingerprint density at radius 1 is 1.07 bits per heavy atom. The predicted octanol–water partition coefficient (Wildman–Crippen LogP) is 5.36. The third kappa shape index (κ3) is 11.7. The Balaban J connectivity index is 5.34. The Morgan fingerprint density at radius 3 is 2.04 bits per heavy atom. The number of thiol groups is 1. The molecule has 0 aliphatic heterocycles. The summed E-state index contributed by atoms with van der Waals surface area (Å²) in [5.41, 5.74) is 1.94. The molecule has 156 valence electrons. The largest absolute Gasteiger partial charge is 0.380 e. The van der Waals surface area contributed by atoms with Crippen molar-refractivity contribution < 1.29 is 4.79 Å². The van der Waals surface area contributed by atoms with Crippen LogP contribution in [0.25, 0.3) is 0 Å². The second-order valence-corrected chi connectivity index (χ2v) is 10.7. The highest BCUT2D eigenvalue weighted by molar-refractivity contribution is 8.03. The van der Waals surface area contributed by atoms with Crippen molar-refractivity contribution in [2.24, 2.45) is 5.41 Å². The van der Waals surface area contributed by atoms with Crippen LogP contribution in [0.2, 0.25) is 0 Å². The molecule has 0 rings (SSSR count). The van der Waals surface area contributed by atoms with Gasteiger partial charge in [0.2, 0.25) is 0 Å². The van der Waals surface area contributed by atoms with Gasteiger partial charge in [0.25, 0.3) is 0 Å². The minimum atomic E-state index is -0.0718. The summed E-state index contributed by atoms with van der Waals surface area (Å²) in [6.45, 7) is 27.2. The van der Waals surface area contributed by atoms with E-state index in [0.29, 0.717) is 12.2 Å². The summed E-state index contributed by atoms with van der Waals surface area (Å²) in [6, 6.07) is 0.0861. The molecule has 27 heavy (non-hydrogen) atoms. The lowest BCUT2D eigenvalue weighted by molar-refractivity contribution is -0.117. The maximum atomic E-state index is 11.5. The van der Waals surface area contributed by atoms with E-state index < -0.39 is 0 Å². The van der Waals surface area contributed by atoms with Crippen molar-refractivity contribution >= 4 is 30.2 Å². The minimum Gasteiger partial charge on any atom is -0.380 e. The molecule has 0 spiro atoms. The molecular formula is C22H40N2OS2. The molecule has 0 radical (unpaired) electrons. The first-order valence-corrected chi connectivity index (χ1v) is 11.1. The highest BCUT2D eigenvalue weighted by Crippen LogP contribution is 2.30. The normalized spacial score (nSPS) is 14.4. The van der Waals surface area contributed by atoms with E-state index in [4.69, 9.17) is 0 Å². The zero-order valence-corrected chi connectivity index (χ0v) is 20.1. The van der Waals surface area contributed by atoms with Gasteiger partial charge < -0.3 is 15.4 Å². The smallest absolute Gasteiger partial charge is 0.129 e. The van der Waals surface area contributed by atoms with Crippen LogP contribution in [0, 0.1) is 5.41 Å². The maximum Gasteiger partial charge on any atom is 0.129 e. The molecule has 0 aromatic heterocycles. The Labute approximate surface area is 177 Å². The van der Waals surface area contributed by atoms with E-state index in [1.807, 2.05) is 0 Å². The van der Waals surface area contributed by atoms with Gasteiger partial charge in [0.15, 0.2) is 0 Å². The number of thioether (sulfide) groups is 1. The topological polar surface area (TPSA) is 41.1 Å². The van der Waals surface area contributed by atoms with Crippen LogP contribution in [0.5, 0.6) is 0 Å². The van der Waals surface area contributed by atoms with Crippen LogP contribution in [0.4, 0.5) is 0 Å². The van der Waals surface area contributed by atoms with Gasteiger partial charge in [0.1, 0.15) is 5.78 Å². The van der Waals surface area contributed by atoms with Gasteiger partial charge in [0.05, 0.1) is 6.04 Å². The van der Waals surface area contributed by atoms with Crippen molar-refractivity contribution in [1.29, 1.82) is 0 Å². The lowest BCUT2D eigenvalue weighted by Gasteiger charge is -2.35. The zero-order chi connectivity index (χ0) is 21.4. The van der Waals surface area contributed by atoms with E-state index in [2.05, 4.69) is 84.5 Å². The molecule has 0 aliphatic carbocycles. The number of rotatable bonds is 12. The molecule has 0 saturated heterocycles. The molecule has 0 aliphatic rings. The van der Waals surface area contributed by atoms with Crippen molar-refractivity contribution in [2.75, 3.05) is 11.5 Å². The molecule has 0 saturated carbocycles. The lowest BCUT2D eigenvalue weighted by atomic mass is 9.83. The van der Waals surface area contributed by atoms with Gasteiger partial charge in [-0.2, -0.15) is 12.6 Å². The first-order chi connectivity index (χ1) is 12.2. The van der Waals surface area contributed by atoms with E-state index in [1.54, 1.807) is 18.7 Å². The van der Waals surface area contributed by atoms with Crippen LogP contribution in [-0.4, -0.2) is 34.9 Å². The van der Waals surface area contributed by atoms with Crippen LogP contribution >= 0.6 is 24.4 Å². The van der Waals surface area contributed by atoms with E-state index in [9.17, 15) is 4.79 Å². The second kappa shape index (κ2) is 11.4. The van der Waals surface area contributed by atoms with E-state index in [-0.39, 0.29) is 28.8 Å². The fraction of sp³-hybridized carbons (Fsp3) is 0.682. The van der Waals surface area contributed by atoms with Crippen LogP contribution in [0.15, 0.2) is 35.9 Å². The summed E-state index contributed by atoms with van der Waals surface area (Å²) in [6.07, 6.45) is 1.26. The molecule has 2 N–H and O–H groups in total. The standard InChI is InChI=1S/C22H40N2OS2/c1-15(25)11-12-19(24-22(8,9)10)18(4)23-20(14-27-16(2)13-26)17(3)21(5,6)7/h19-20,23-24,26H,2-4,11-14H2,1,5-10H3/t19?,20-/m0/s1. The summed E-state index contributed by atoms with van der Waals surface area (Å²) >= 11 is 6.00. The molecule has 0 amide bonds. The SMILES string of the molecule is C=C(CS)SC[C@H](NC(=C)C(CCC(C)=O)NC(C)(C)C)C(=C)C(C)(C)C. The van der Waals surface area contributed by atoms with Gasteiger partial charge >= 0.3 is 0 Å².